The second-order valence-electron chi connectivity index (χ2n) is 8.23. The highest BCUT2D eigenvalue weighted by atomic mass is 16.5. The summed E-state index contributed by atoms with van der Waals surface area (Å²) in [5, 5.41) is 4.77. The lowest BCUT2D eigenvalue weighted by molar-refractivity contribution is 0.356. The summed E-state index contributed by atoms with van der Waals surface area (Å²) in [4.78, 5) is 0. The molecule has 4 aromatic rings. The van der Waals surface area contributed by atoms with E-state index in [1.165, 1.54) is 38.2 Å². The molecule has 0 atom stereocenters. The van der Waals surface area contributed by atoms with Crippen molar-refractivity contribution in [3.63, 3.8) is 0 Å². The van der Waals surface area contributed by atoms with Crippen LogP contribution in [0.25, 0.3) is 32.7 Å². The van der Waals surface area contributed by atoms with Crippen LogP contribution in [-0.4, -0.2) is 14.2 Å². The highest BCUT2D eigenvalue weighted by Gasteiger charge is 2.16. The average Bonchev–Trinajstić information content (AvgIpc) is 2.71. The molecule has 0 aliphatic rings. The van der Waals surface area contributed by atoms with Crippen molar-refractivity contribution in [2.24, 2.45) is 0 Å². The normalized spacial score (nSPS) is 11.8. The van der Waals surface area contributed by atoms with Gasteiger partial charge in [0.05, 0.1) is 14.2 Å². The summed E-state index contributed by atoms with van der Waals surface area (Å²) in [6.07, 6.45) is 0. The van der Waals surface area contributed by atoms with Gasteiger partial charge in [0, 0.05) is 0 Å². The first-order valence-electron chi connectivity index (χ1n) is 9.61. The van der Waals surface area contributed by atoms with Crippen molar-refractivity contribution in [3.05, 3.63) is 72.3 Å². The van der Waals surface area contributed by atoms with Gasteiger partial charge in [-0.3, -0.25) is 0 Å². The van der Waals surface area contributed by atoms with Crippen molar-refractivity contribution < 1.29 is 9.47 Å². The maximum absolute atomic E-state index is 5.59. The van der Waals surface area contributed by atoms with E-state index in [-0.39, 0.29) is 5.41 Å². The molecule has 0 saturated heterocycles. The van der Waals surface area contributed by atoms with E-state index in [9.17, 15) is 0 Å². The van der Waals surface area contributed by atoms with Gasteiger partial charge in [-0.1, -0.05) is 69.3 Å². The van der Waals surface area contributed by atoms with Gasteiger partial charge in [-0.25, -0.2) is 0 Å². The van der Waals surface area contributed by atoms with Crippen LogP contribution in [0.3, 0.4) is 0 Å². The molecule has 142 valence electrons. The van der Waals surface area contributed by atoms with Crippen molar-refractivity contribution in [2.75, 3.05) is 14.2 Å². The smallest absolute Gasteiger partial charge is 0.161 e. The van der Waals surface area contributed by atoms with Crippen molar-refractivity contribution in [2.45, 2.75) is 26.2 Å². The number of rotatable bonds is 3. The van der Waals surface area contributed by atoms with E-state index in [0.717, 1.165) is 11.5 Å². The Labute approximate surface area is 166 Å². The third-order valence-corrected chi connectivity index (χ3v) is 5.43. The standard InChI is InChI=1S/C26H26O2/c1-26(2,3)19-12-10-17(11-13-19)21-14-18-8-6-7-9-20(18)22-15-24(27-4)25(28-5)16-23(21)22/h6-16H,1-5H3. The first-order valence-corrected chi connectivity index (χ1v) is 9.61. The van der Waals surface area contributed by atoms with Crippen molar-refractivity contribution in [1.29, 1.82) is 0 Å². The molecule has 0 aromatic heterocycles. The molecule has 0 unspecified atom stereocenters. The Kier molecular flexibility index (Phi) is 4.50. The van der Waals surface area contributed by atoms with Crippen LogP contribution in [0.15, 0.2) is 66.7 Å². The fourth-order valence-corrected chi connectivity index (χ4v) is 3.81. The fraction of sp³-hybridized carbons (Fsp3) is 0.231. The van der Waals surface area contributed by atoms with Crippen LogP contribution < -0.4 is 9.47 Å². The van der Waals surface area contributed by atoms with E-state index >= 15 is 0 Å². The van der Waals surface area contributed by atoms with Gasteiger partial charge in [0.2, 0.25) is 0 Å². The molecule has 0 N–H and O–H groups in total. The molecule has 0 aliphatic heterocycles. The third-order valence-electron chi connectivity index (χ3n) is 5.43. The van der Waals surface area contributed by atoms with Crippen molar-refractivity contribution in [1.82, 2.24) is 0 Å². The lowest BCUT2D eigenvalue weighted by Gasteiger charge is -2.20. The minimum atomic E-state index is 0.139. The van der Waals surface area contributed by atoms with Gasteiger partial charge in [0.15, 0.2) is 11.5 Å². The Bertz CT molecular complexity index is 1150. The van der Waals surface area contributed by atoms with Gasteiger partial charge < -0.3 is 9.47 Å². The van der Waals surface area contributed by atoms with Crippen LogP contribution >= 0.6 is 0 Å². The van der Waals surface area contributed by atoms with Crippen molar-refractivity contribution in [3.8, 4) is 22.6 Å². The summed E-state index contributed by atoms with van der Waals surface area (Å²) >= 11 is 0. The Morgan fingerprint density at radius 1 is 0.643 bits per heavy atom. The highest BCUT2D eigenvalue weighted by molar-refractivity contribution is 6.14. The number of fused-ring (bicyclic) bond motifs is 3. The molecule has 0 saturated carbocycles. The molecule has 0 amide bonds. The zero-order chi connectivity index (χ0) is 19.9. The van der Waals surface area contributed by atoms with Crippen LogP contribution in [0.5, 0.6) is 11.5 Å². The lowest BCUT2D eigenvalue weighted by Crippen LogP contribution is -2.10. The quantitative estimate of drug-likeness (QED) is 0.362. The molecule has 4 aromatic carbocycles. The van der Waals surface area contributed by atoms with Gasteiger partial charge in [0.1, 0.15) is 0 Å². The van der Waals surface area contributed by atoms with Gasteiger partial charge in [0.25, 0.3) is 0 Å². The maximum Gasteiger partial charge on any atom is 0.161 e. The summed E-state index contributed by atoms with van der Waals surface area (Å²) in [6.45, 7) is 6.72. The number of hydrogen-bond acceptors (Lipinski definition) is 2. The summed E-state index contributed by atoms with van der Waals surface area (Å²) < 4.78 is 11.2. The van der Waals surface area contributed by atoms with Crippen LogP contribution in [0, 0.1) is 0 Å². The van der Waals surface area contributed by atoms with Crippen molar-refractivity contribution >= 4 is 21.5 Å². The fourth-order valence-electron chi connectivity index (χ4n) is 3.81. The monoisotopic (exact) mass is 370 g/mol. The van der Waals surface area contributed by atoms with Crippen LogP contribution in [-0.2, 0) is 5.41 Å². The molecular weight excluding hydrogens is 344 g/mol. The number of benzene rings is 4. The SMILES string of the molecule is COc1cc2c(-c3ccc(C(C)(C)C)cc3)cc3ccccc3c2cc1OC. The van der Waals surface area contributed by atoms with Gasteiger partial charge in [-0.05, 0) is 61.8 Å². The number of ether oxygens (including phenoxy) is 2. The van der Waals surface area contributed by atoms with Crippen LogP contribution in [0.1, 0.15) is 26.3 Å². The Morgan fingerprint density at radius 2 is 1.25 bits per heavy atom. The first-order chi connectivity index (χ1) is 13.4. The van der Waals surface area contributed by atoms with Gasteiger partial charge in [-0.2, -0.15) is 0 Å². The minimum absolute atomic E-state index is 0.139. The maximum atomic E-state index is 5.59. The number of methoxy groups -OCH3 is 2. The molecular formula is C26H26O2. The van der Waals surface area contributed by atoms with E-state index < -0.39 is 0 Å². The summed E-state index contributed by atoms with van der Waals surface area (Å²) in [5.41, 5.74) is 3.88. The molecule has 28 heavy (non-hydrogen) atoms. The van der Waals surface area contributed by atoms with Gasteiger partial charge in [-0.15, -0.1) is 0 Å². The topological polar surface area (TPSA) is 18.5 Å². The summed E-state index contributed by atoms with van der Waals surface area (Å²) in [5.74, 6) is 1.50. The third kappa shape index (κ3) is 3.09. The lowest BCUT2D eigenvalue weighted by atomic mass is 9.85. The largest absolute Gasteiger partial charge is 0.493 e. The van der Waals surface area contributed by atoms with E-state index in [4.69, 9.17) is 9.47 Å². The minimum Gasteiger partial charge on any atom is -0.493 e. The average molecular weight is 370 g/mol. The van der Waals surface area contributed by atoms with E-state index in [1.54, 1.807) is 14.2 Å². The molecule has 0 bridgehead atoms. The zero-order valence-corrected chi connectivity index (χ0v) is 17.2. The Hall–Kier alpha value is -3.00. The molecule has 2 heteroatoms. The molecule has 0 fully saturated rings. The first kappa shape index (κ1) is 18.4. The Balaban J connectivity index is 2.03. The van der Waals surface area contributed by atoms with E-state index in [1.807, 2.05) is 0 Å². The molecule has 4 rings (SSSR count). The van der Waals surface area contributed by atoms with E-state index in [0.29, 0.717) is 0 Å². The molecule has 0 radical (unpaired) electrons. The second-order valence-corrected chi connectivity index (χ2v) is 8.23. The predicted molar refractivity (Wildman–Crippen MR) is 119 cm³/mol. The molecule has 0 spiro atoms. The summed E-state index contributed by atoms with van der Waals surface area (Å²) in [6, 6.07) is 23.9. The second kappa shape index (κ2) is 6.87. The Morgan fingerprint density at radius 3 is 1.86 bits per heavy atom. The predicted octanol–water partition coefficient (Wildman–Crippen LogP) is 6.97. The molecule has 2 nitrogen and oxygen atoms in total. The molecule has 0 heterocycles. The number of hydrogen-bond donors (Lipinski definition) is 0. The summed E-state index contributed by atoms with van der Waals surface area (Å²) in [7, 11) is 3.36. The van der Waals surface area contributed by atoms with Crippen LogP contribution in [0.4, 0.5) is 0 Å². The van der Waals surface area contributed by atoms with Crippen LogP contribution in [0.2, 0.25) is 0 Å². The molecule has 0 aliphatic carbocycles. The van der Waals surface area contributed by atoms with E-state index in [2.05, 4.69) is 87.5 Å². The zero-order valence-electron chi connectivity index (χ0n) is 17.2. The van der Waals surface area contributed by atoms with Gasteiger partial charge >= 0.3 is 0 Å². The highest BCUT2D eigenvalue weighted by Crippen LogP contribution is 2.41.